The molecule has 3 rings (SSSR count). The topological polar surface area (TPSA) is 25.2 Å². The van der Waals surface area contributed by atoms with Crippen LogP contribution in [-0.2, 0) is 6.54 Å². The second-order valence-electron chi connectivity index (χ2n) is 5.36. The van der Waals surface area contributed by atoms with E-state index >= 15 is 0 Å². The van der Waals surface area contributed by atoms with Crippen molar-refractivity contribution in [2.24, 2.45) is 0 Å². The van der Waals surface area contributed by atoms with Crippen LogP contribution in [0.25, 0.3) is 10.2 Å². The van der Waals surface area contributed by atoms with E-state index in [0.29, 0.717) is 13.1 Å². The van der Waals surface area contributed by atoms with E-state index in [4.69, 9.17) is 0 Å². The standard InChI is InChI=1S/C17H16Br2N2OS/c1-3-20(2)17(22)14-8-15-13(9-16(19)23-15)21(14)10-11-4-6-12(18)7-5-11/h4-9H,3,10H2,1-2H3. The van der Waals surface area contributed by atoms with E-state index in [2.05, 4.69) is 54.6 Å². The van der Waals surface area contributed by atoms with Gasteiger partial charge in [-0.15, -0.1) is 11.3 Å². The van der Waals surface area contributed by atoms with Crippen molar-refractivity contribution in [3.8, 4) is 0 Å². The zero-order chi connectivity index (χ0) is 16.6. The normalized spacial score (nSPS) is 11.1. The van der Waals surface area contributed by atoms with Gasteiger partial charge in [-0.05, 0) is 52.7 Å². The van der Waals surface area contributed by atoms with E-state index < -0.39 is 0 Å². The number of nitrogens with zero attached hydrogens (tertiary/aromatic N) is 2. The molecule has 120 valence electrons. The summed E-state index contributed by atoms with van der Waals surface area (Å²) in [4.78, 5) is 14.4. The van der Waals surface area contributed by atoms with Gasteiger partial charge in [-0.2, -0.15) is 0 Å². The summed E-state index contributed by atoms with van der Waals surface area (Å²) in [5.74, 6) is 0.0594. The summed E-state index contributed by atoms with van der Waals surface area (Å²) in [6.07, 6.45) is 0. The fraction of sp³-hybridized carbons (Fsp3) is 0.235. The molecule has 0 aliphatic carbocycles. The zero-order valence-electron chi connectivity index (χ0n) is 12.8. The third kappa shape index (κ3) is 3.39. The number of amides is 1. The van der Waals surface area contributed by atoms with Crippen molar-refractivity contribution >= 4 is 59.3 Å². The number of thiophene rings is 1. The number of rotatable bonds is 4. The number of hydrogen-bond acceptors (Lipinski definition) is 2. The van der Waals surface area contributed by atoms with Crippen LogP contribution in [0.4, 0.5) is 0 Å². The van der Waals surface area contributed by atoms with Crippen LogP contribution in [-0.4, -0.2) is 29.0 Å². The molecule has 6 heteroatoms. The molecule has 0 N–H and O–H groups in total. The maximum atomic E-state index is 12.7. The fourth-order valence-electron chi connectivity index (χ4n) is 2.47. The number of halogens is 2. The molecule has 3 aromatic rings. The van der Waals surface area contributed by atoms with Gasteiger partial charge in [-0.25, -0.2) is 0 Å². The lowest BCUT2D eigenvalue weighted by Gasteiger charge is -2.17. The van der Waals surface area contributed by atoms with Gasteiger partial charge in [0.1, 0.15) is 5.69 Å². The molecule has 1 aromatic carbocycles. The van der Waals surface area contributed by atoms with Gasteiger partial charge in [0, 0.05) is 24.6 Å². The third-order valence-corrected chi connectivity index (χ3v) is 5.96. The molecule has 2 aromatic heterocycles. The second-order valence-corrected chi connectivity index (χ2v) is 8.74. The average molecular weight is 456 g/mol. The summed E-state index contributed by atoms with van der Waals surface area (Å²) < 4.78 is 5.37. The first-order chi connectivity index (χ1) is 11.0. The van der Waals surface area contributed by atoms with Crippen LogP contribution in [0.1, 0.15) is 23.0 Å². The number of fused-ring (bicyclic) bond motifs is 1. The van der Waals surface area contributed by atoms with Gasteiger partial charge in [0.25, 0.3) is 5.91 Å². The van der Waals surface area contributed by atoms with E-state index in [1.807, 2.05) is 32.2 Å². The highest BCUT2D eigenvalue weighted by atomic mass is 79.9. The fourth-order valence-corrected chi connectivity index (χ4v) is 4.30. The van der Waals surface area contributed by atoms with Gasteiger partial charge in [0.05, 0.1) is 14.0 Å². The Morgan fingerprint density at radius 3 is 2.57 bits per heavy atom. The summed E-state index contributed by atoms with van der Waals surface area (Å²) in [5.41, 5.74) is 3.00. The molecule has 1 amide bonds. The van der Waals surface area contributed by atoms with Crippen molar-refractivity contribution in [2.75, 3.05) is 13.6 Å². The monoisotopic (exact) mass is 454 g/mol. The maximum Gasteiger partial charge on any atom is 0.270 e. The van der Waals surface area contributed by atoms with Gasteiger partial charge >= 0.3 is 0 Å². The highest BCUT2D eigenvalue weighted by Crippen LogP contribution is 2.33. The maximum absolute atomic E-state index is 12.7. The lowest BCUT2D eigenvalue weighted by molar-refractivity contribution is 0.0793. The summed E-state index contributed by atoms with van der Waals surface area (Å²) in [5, 5.41) is 0. The molecular weight excluding hydrogens is 440 g/mol. The lowest BCUT2D eigenvalue weighted by atomic mass is 10.2. The Morgan fingerprint density at radius 2 is 1.91 bits per heavy atom. The third-order valence-electron chi connectivity index (χ3n) is 3.85. The minimum absolute atomic E-state index is 0.0594. The van der Waals surface area contributed by atoms with E-state index in [-0.39, 0.29) is 5.91 Å². The minimum Gasteiger partial charge on any atom is -0.341 e. The van der Waals surface area contributed by atoms with Crippen LogP contribution >= 0.6 is 43.2 Å². The second kappa shape index (κ2) is 6.79. The predicted molar refractivity (Wildman–Crippen MR) is 103 cm³/mol. The first kappa shape index (κ1) is 16.7. The molecule has 0 aliphatic heterocycles. The lowest BCUT2D eigenvalue weighted by Crippen LogP contribution is -2.28. The molecule has 23 heavy (non-hydrogen) atoms. The summed E-state index contributed by atoms with van der Waals surface area (Å²) >= 11 is 8.66. The van der Waals surface area contributed by atoms with Gasteiger partial charge in [-0.1, -0.05) is 28.1 Å². The molecule has 0 unspecified atom stereocenters. The first-order valence-electron chi connectivity index (χ1n) is 7.28. The number of benzene rings is 1. The number of carbonyl (C=O) groups is 1. The van der Waals surface area contributed by atoms with Gasteiger partial charge in [-0.3, -0.25) is 4.79 Å². The summed E-state index contributed by atoms with van der Waals surface area (Å²) in [6.45, 7) is 3.36. The van der Waals surface area contributed by atoms with Crippen LogP contribution in [0.3, 0.4) is 0 Å². The molecule has 0 bridgehead atoms. The Bertz CT molecular complexity index is 851. The first-order valence-corrected chi connectivity index (χ1v) is 9.68. The molecule has 0 fully saturated rings. The van der Waals surface area contributed by atoms with Crippen LogP contribution in [0.5, 0.6) is 0 Å². The Morgan fingerprint density at radius 1 is 1.22 bits per heavy atom. The minimum atomic E-state index is 0.0594. The van der Waals surface area contributed by atoms with Crippen LogP contribution in [0, 0.1) is 0 Å². The van der Waals surface area contributed by atoms with Crippen LogP contribution < -0.4 is 0 Å². The number of aromatic nitrogens is 1. The molecule has 0 saturated heterocycles. The Balaban J connectivity index is 2.07. The highest BCUT2D eigenvalue weighted by molar-refractivity contribution is 9.11. The van der Waals surface area contributed by atoms with E-state index in [1.54, 1.807) is 16.2 Å². The van der Waals surface area contributed by atoms with Crippen LogP contribution in [0.2, 0.25) is 0 Å². The average Bonchev–Trinajstić information content (AvgIpc) is 3.05. The van der Waals surface area contributed by atoms with Crippen molar-refractivity contribution in [1.29, 1.82) is 0 Å². The quantitative estimate of drug-likeness (QED) is 0.519. The van der Waals surface area contributed by atoms with E-state index in [9.17, 15) is 4.79 Å². The smallest absolute Gasteiger partial charge is 0.270 e. The van der Waals surface area contributed by atoms with Gasteiger partial charge < -0.3 is 9.47 Å². The molecule has 3 nitrogen and oxygen atoms in total. The van der Waals surface area contributed by atoms with Crippen molar-refractivity contribution in [3.63, 3.8) is 0 Å². The van der Waals surface area contributed by atoms with Crippen molar-refractivity contribution < 1.29 is 4.79 Å². The Hall–Kier alpha value is -1.11. The summed E-state index contributed by atoms with van der Waals surface area (Å²) in [7, 11) is 1.84. The number of carbonyl (C=O) groups excluding carboxylic acids is 1. The largest absolute Gasteiger partial charge is 0.341 e. The van der Waals surface area contributed by atoms with Gasteiger partial charge in [0.2, 0.25) is 0 Å². The molecule has 2 heterocycles. The van der Waals surface area contributed by atoms with Crippen molar-refractivity contribution in [1.82, 2.24) is 9.47 Å². The van der Waals surface area contributed by atoms with E-state index in [0.717, 1.165) is 24.2 Å². The van der Waals surface area contributed by atoms with Crippen molar-refractivity contribution in [2.45, 2.75) is 13.5 Å². The highest BCUT2D eigenvalue weighted by Gasteiger charge is 2.20. The molecule has 0 radical (unpaired) electrons. The Kier molecular flexibility index (Phi) is 4.94. The van der Waals surface area contributed by atoms with Gasteiger partial charge in [0.15, 0.2) is 0 Å². The summed E-state index contributed by atoms with van der Waals surface area (Å²) in [6, 6.07) is 12.3. The molecule has 0 spiro atoms. The number of hydrogen-bond donors (Lipinski definition) is 0. The SMILES string of the molecule is CCN(C)C(=O)c1cc2sc(Br)cc2n1Cc1ccc(Br)cc1. The van der Waals surface area contributed by atoms with Crippen molar-refractivity contribution in [3.05, 3.63) is 55.9 Å². The molecule has 0 aliphatic rings. The van der Waals surface area contributed by atoms with E-state index in [1.165, 1.54) is 5.56 Å². The zero-order valence-corrected chi connectivity index (χ0v) is 16.8. The molecular formula is C17H16Br2N2OS. The van der Waals surface area contributed by atoms with Crippen LogP contribution in [0.15, 0.2) is 44.7 Å². The molecule has 0 atom stereocenters. The molecule has 0 saturated carbocycles. The Labute approximate surface area is 156 Å². The predicted octanol–water partition coefficient (Wildman–Crippen LogP) is 5.37.